The van der Waals surface area contributed by atoms with Gasteiger partial charge in [0.2, 0.25) is 0 Å². The Balaban J connectivity index is 1.05. The molecule has 1 heteroatoms. The smallest absolute Gasteiger partial charge is 0.0502 e. The van der Waals surface area contributed by atoms with Gasteiger partial charge in [-0.05, 0) is 182 Å². The van der Waals surface area contributed by atoms with Gasteiger partial charge in [-0.1, -0.05) is 133 Å². The number of anilines is 3. The molecule has 288 valence electrons. The van der Waals surface area contributed by atoms with Crippen LogP contribution in [0.15, 0.2) is 127 Å². The topological polar surface area (TPSA) is 3.24 Å². The average molecular weight is 754 g/mol. The van der Waals surface area contributed by atoms with E-state index >= 15 is 0 Å². The van der Waals surface area contributed by atoms with E-state index in [0.29, 0.717) is 5.41 Å². The molecular formula is C57H55N. The quantitative estimate of drug-likeness (QED) is 0.173. The first-order valence-electron chi connectivity index (χ1n) is 22.5. The zero-order valence-electron chi connectivity index (χ0n) is 35.1. The summed E-state index contributed by atoms with van der Waals surface area (Å²) in [5, 5.41) is 0. The predicted octanol–water partition coefficient (Wildman–Crippen LogP) is 14.8. The van der Waals surface area contributed by atoms with E-state index in [1.807, 2.05) is 0 Å². The summed E-state index contributed by atoms with van der Waals surface area (Å²) in [6.07, 6.45) is 8.20. The molecule has 2 bridgehead atoms. The summed E-state index contributed by atoms with van der Waals surface area (Å²) in [7, 11) is 0. The minimum atomic E-state index is -0.0755. The van der Waals surface area contributed by atoms with Crippen molar-refractivity contribution in [3.8, 4) is 33.4 Å². The molecule has 0 heterocycles. The zero-order chi connectivity index (χ0) is 39.1. The van der Waals surface area contributed by atoms with Gasteiger partial charge in [0, 0.05) is 22.2 Å². The first kappa shape index (κ1) is 34.0. The van der Waals surface area contributed by atoms with Crippen molar-refractivity contribution in [2.24, 2.45) is 29.1 Å². The largest absolute Gasteiger partial charge is 0.310 e. The Morgan fingerprint density at radius 2 is 1.16 bits per heavy atom. The SMILES string of the molecule is CC1(C)CCC(C)(C)c2c(N(c3ccc4c(c3)C(C)(C)c3ccccc3-4)c3ccc4c(c3)C3(c5ccc(-c6ccccc6)cc5-4)C4CC5CC6CC3C64C5)cccc21. The first-order chi connectivity index (χ1) is 27.9. The molecule has 7 aliphatic carbocycles. The van der Waals surface area contributed by atoms with Gasteiger partial charge in [-0.15, -0.1) is 0 Å². The molecule has 6 aromatic carbocycles. The fraction of sp³-hybridized carbons (Fsp3) is 0.368. The summed E-state index contributed by atoms with van der Waals surface area (Å²) in [4.78, 5) is 2.70. The van der Waals surface area contributed by atoms with Gasteiger partial charge in [0.1, 0.15) is 0 Å². The van der Waals surface area contributed by atoms with Gasteiger partial charge in [-0.25, -0.2) is 0 Å². The molecule has 0 radical (unpaired) electrons. The summed E-state index contributed by atoms with van der Waals surface area (Å²) in [6, 6.07) is 50.2. The Labute approximate surface area is 345 Å². The van der Waals surface area contributed by atoms with Crippen molar-refractivity contribution in [1.29, 1.82) is 0 Å². The lowest BCUT2D eigenvalue weighted by molar-refractivity contribution is -0.231. The highest BCUT2D eigenvalue weighted by molar-refractivity contribution is 5.91. The van der Waals surface area contributed by atoms with Gasteiger partial charge in [-0.2, -0.15) is 0 Å². The number of rotatable bonds is 4. The van der Waals surface area contributed by atoms with Crippen molar-refractivity contribution in [1.82, 2.24) is 0 Å². The van der Waals surface area contributed by atoms with Gasteiger partial charge in [0.05, 0.1) is 5.69 Å². The molecule has 2 spiro atoms. The van der Waals surface area contributed by atoms with Crippen molar-refractivity contribution in [3.05, 3.63) is 161 Å². The Morgan fingerprint density at radius 1 is 0.483 bits per heavy atom. The lowest BCUT2D eigenvalue weighted by atomic mass is 9.27. The molecule has 4 fully saturated rings. The zero-order valence-corrected chi connectivity index (χ0v) is 35.1. The molecule has 6 atom stereocenters. The van der Waals surface area contributed by atoms with Crippen molar-refractivity contribution < 1.29 is 0 Å². The molecule has 0 aliphatic heterocycles. The van der Waals surface area contributed by atoms with Gasteiger partial charge < -0.3 is 4.90 Å². The molecule has 0 amide bonds. The van der Waals surface area contributed by atoms with E-state index in [9.17, 15) is 0 Å². The Bertz CT molecular complexity index is 2760. The van der Waals surface area contributed by atoms with Crippen LogP contribution in [0, 0.1) is 29.1 Å². The standard InChI is InChI=1S/C57H55N/c1-53(2)25-26-54(3,4)52-46(53)17-12-18-49(52)58(38-20-22-41-40-15-10-11-16-44(40)55(5,6)47(41)31-38)39-21-23-42-43-29-36(35-13-8-7-9-14-35)19-24-45(43)57(48(42)32-39)50-28-34-27-37-30-51(57)56(37,50)33-34/h7-24,29,31-32,34,37,50-51H,25-28,30,33H2,1-6H3. The van der Waals surface area contributed by atoms with E-state index in [1.54, 1.807) is 11.1 Å². The van der Waals surface area contributed by atoms with Crippen molar-refractivity contribution in [2.45, 2.75) is 102 Å². The second-order valence-electron chi connectivity index (χ2n) is 21.6. The molecule has 4 saturated carbocycles. The second-order valence-corrected chi connectivity index (χ2v) is 21.6. The number of nitrogens with zero attached hydrogens (tertiary/aromatic N) is 1. The van der Waals surface area contributed by atoms with E-state index in [-0.39, 0.29) is 21.7 Å². The highest BCUT2D eigenvalue weighted by Crippen LogP contribution is 2.89. The molecule has 0 saturated heterocycles. The minimum Gasteiger partial charge on any atom is -0.310 e. The second kappa shape index (κ2) is 10.8. The maximum Gasteiger partial charge on any atom is 0.0502 e. The third kappa shape index (κ3) is 3.91. The Kier molecular flexibility index (Phi) is 6.36. The Morgan fingerprint density at radius 3 is 1.95 bits per heavy atom. The minimum absolute atomic E-state index is 0.0539. The average Bonchev–Trinajstić information content (AvgIpc) is 3.92. The molecule has 7 aliphatic rings. The van der Waals surface area contributed by atoms with E-state index in [2.05, 4.69) is 174 Å². The normalized spacial score (nSPS) is 29.7. The fourth-order valence-corrected chi connectivity index (χ4v) is 15.5. The molecule has 0 N–H and O–H groups in total. The van der Waals surface area contributed by atoms with Crippen LogP contribution in [0.3, 0.4) is 0 Å². The van der Waals surface area contributed by atoms with E-state index in [4.69, 9.17) is 0 Å². The maximum absolute atomic E-state index is 2.72. The van der Waals surface area contributed by atoms with Gasteiger partial charge >= 0.3 is 0 Å². The predicted molar refractivity (Wildman–Crippen MR) is 240 cm³/mol. The van der Waals surface area contributed by atoms with Gasteiger partial charge in [0.25, 0.3) is 0 Å². The van der Waals surface area contributed by atoms with Crippen LogP contribution in [0.5, 0.6) is 0 Å². The van der Waals surface area contributed by atoms with Crippen LogP contribution >= 0.6 is 0 Å². The van der Waals surface area contributed by atoms with Crippen LogP contribution in [-0.2, 0) is 21.7 Å². The summed E-state index contributed by atoms with van der Waals surface area (Å²) in [5.74, 6) is 3.41. The molecular weight excluding hydrogens is 699 g/mol. The molecule has 13 rings (SSSR count). The van der Waals surface area contributed by atoms with Crippen LogP contribution in [0.25, 0.3) is 33.4 Å². The summed E-state index contributed by atoms with van der Waals surface area (Å²) < 4.78 is 0. The highest BCUT2D eigenvalue weighted by atomic mass is 15.1. The molecule has 0 aromatic heterocycles. The number of fused-ring (bicyclic) bond motifs is 12. The summed E-state index contributed by atoms with van der Waals surface area (Å²) in [6.45, 7) is 14.8. The molecule has 1 nitrogen and oxygen atoms in total. The molecule has 6 unspecified atom stereocenters. The summed E-state index contributed by atoms with van der Waals surface area (Å²) in [5.41, 5.74) is 22.3. The van der Waals surface area contributed by atoms with Crippen LogP contribution < -0.4 is 4.90 Å². The van der Waals surface area contributed by atoms with Crippen molar-refractivity contribution in [2.75, 3.05) is 4.90 Å². The van der Waals surface area contributed by atoms with Crippen LogP contribution in [0.4, 0.5) is 17.1 Å². The van der Waals surface area contributed by atoms with E-state index in [0.717, 1.165) is 23.7 Å². The monoisotopic (exact) mass is 753 g/mol. The molecule has 58 heavy (non-hydrogen) atoms. The number of hydrogen-bond acceptors (Lipinski definition) is 1. The molecule has 6 aromatic rings. The third-order valence-electron chi connectivity index (χ3n) is 18.0. The maximum atomic E-state index is 2.72. The van der Waals surface area contributed by atoms with Crippen LogP contribution in [0.2, 0.25) is 0 Å². The lowest BCUT2D eigenvalue weighted by Crippen LogP contribution is -2.73. The first-order valence-corrected chi connectivity index (χ1v) is 22.5. The Hall–Kier alpha value is -4.88. The number of benzene rings is 6. The lowest BCUT2D eigenvalue weighted by Gasteiger charge is -2.76. The van der Waals surface area contributed by atoms with Crippen LogP contribution in [-0.4, -0.2) is 0 Å². The van der Waals surface area contributed by atoms with Crippen LogP contribution in [0.1, 0.15) is 113 Å². The summed E-state index contributed by atoms with van der Waals surface area (Å²) >= 11 is 0. The van der Waals surface area contributed by atoms with Gasteiger partial charge in [-0.3, -0.25) is 0 Å². The van der Waals surface area contributed by atoms with E-state index < -0.39 is 0 Å². The van der Waals surface area contributed by atoms with Gasteiger partial charge in [0.15, 0.2) is 0 Å². The number of hydrogen-bond donors (Lipinski definition) is 0. The highest BCUT2D eigenvalue weighted by Gasteiger charge is 2.84. The van der Waals surface area contributed by atoms with Crippen molar-refractivity contribution in [3.63, 3.8) is 0 Å². The van der Waals surface area contributed by atoms with E-state index in [1.165, 1.54) is 111 Å². The van der Waals surface area contributed by atoms with Crippen molar-refractivity contribution >= 4 is 17.1 Å². The fourth-order valence-electron chi connectivity index (χ4n) is 15.5. The third-order valence-corrected chi connectivity index (χ3v) is 18.0.